The van der Waals surface area contributed by atoms with Crippen LogP contribution < -0.4 is 16.4 Å². The number of carbonyl (C=O) groups excluding carboxylic acids is 3. The smallest absolute Gasteiger partial charge is 0.331 e. The largest absolute Gasteiger partial charge is 0.467 e. The molecule has 1 aliphatic rings. The van der Waals surface area contributed by atoms with Crippen LogP contribution in [0.4, 0.5) is 5.69 Å². The molecule has 25 heavy (non-hydrogen) atoms. The fourth-order valence-electron chi connectivity index (χ4n) is 3.27. The zero-order valence-corrected chi connectivity index (χ0v) is 14.7. The average molecular weight is 347 g/mol. The molecule has 0 aliphatic heterocycles. The van der Waals surface area contributed by atoms with Crippen molar-refractivity contribution in [1.82, 2.24) is 5.32 Å². The van der Waals surface area contributed by atoms with E-state index in [1.807, 2.05) is 0 Å². The summed E-state index contributed by atoms with van der Waals surface area (Å²) in [7, 11) is 1.34. The molecular formula is C18H25N3O4. The molecular weight excluding hydrogens is 322 g/mol. The molecule has 1 fully saturated rings. The van der Waals surface area contributed by atoms with Crippen LogP contribution in [0.1, 0.15) is 48.0 Å². The lowest BCUT2D eigenvalue weighted by molar-refractivity contribution is -0.152. The van der Waals surface area contributed by atoms with Crippen molar-refractivity contribution in [3.63, 3.8) is 0 Å². The standard InChI is InChI=1S/C18H25N3O4/c1-12-10-13(6-7-14(12)16(19)23)20-11-15(22)21-18(17(24)25-2)8-4-3-5-9-18/h6-7,10,20H,3-5,8-9,11H2,1-2H3,(H2,19,23)(H,21,22). The van der Waals surface area contributed by atoms with Gasteiger partial charge in [-0.15, -0.1) is 0 Å². The van der Waals surface area contributed by atoms with Gasteiger partial charge in [0.25, 0.3) is 0 Å². The number of hydrogen-bond acceptors (Lipinski definition) is 5. The summed E-state index contributed by atoms with van der Waals surface area (Å²) in [6, 6.07) is 5.07. The monoisotopic (exact) mass is 347 g/mol. The number of nitrogens with one attached hydrogen (secondary N) is 2. The predicted octanol–water partition coefficient (Wildman–Crippen LogP) is 1.50. The molecule has 2 rings (SSSR count). The van der Waals surface area contributed by atoms with Crippen LogP contribution in [-0.2, 0) is 14.3 Å². The summed E-state index contributed by atoms with van der Waals surface area (Å²) in [4.78, 5) is 35.7. The minimum absolute atomic E-state index is 0.0219. The molecule has 0 saturated heterocycles. The van der Waals surface area contributed by atoms with Crippen molar-refractivity contribution in [2.24, 2.45) is 5.73 Å². The van der Waals surface area contributed by atoms with Crippen molar-refractivity contribution < 1.29 is 19.1 Å². The van der Waals surface area contributed by atoms with E-state index < -0.39 is 11.4 Å². The maximum Gasteiger partial charge on any atom is 0.331 e. The zero-order valence-electron chi connectivity index (χ0n) is 14.7. The third-order valence-electron chi connectivity index (χ3n) is 4.61. The molecule has 1 aliphatic carbocycles. The second-order valence-corrected chi connectivity index (χ2v) is 6.43. The summed E-state index contributed by atoms with van der Waals surface area (Å²) in [5.74, 6) is -1.15. The van der Waals surface area contributed by atoms with E-state index in [0.29, 0.717) is 24.1 Å². The quantitative estimate of drug-likeness (QED) is 0.675. The molecule has 0 bridgehead atoms. The summed E-state index contributed by atoms with van der Waals surface area (Å²) in [6.07, 6.45) is 4.02. The molecule has 136 valence electrons. The Hall–Kier alpha value is -2.57. The van der Waals surface area contributed by atoms with E-state index in [-0.39, 0.29) is 18.4 Å². The Morgan fingerprint density at radius 3 is 2.44 bits per heavy atom. The molecule has 2 amide bonds. The van der Waals surface area contributed by atoms with E-state index in [0.717, 1.165) is 24.8 Å². The molecule has 0 aromatic heterocycles. The summed E-state index contributed by atoms with van der Waals surface area (Å²) < 4.78 is 4.89. The number of nitrogens with two attached hydrogens (primary N) is 1. The van der Waals surface area contributed by atoms with Crippen LogP contribution in [0.3, 0.4) is 0 Å². The molecule has 0 heterocycles. The molecule has 1 aromatic carbocycles. The van der Waals surface area contributed by atoms with Gasteiger partial charge in [0.05, 0.1) is 13.7 Å². The number of benzene rings is 1. The van der Waals surface area contributed by atoms with E-state index in [1.54, 1.807) is 25.1 Å². The van der Waals surface area contributed by atoms with Crippen molar-refractivity contribution in [2.75, 3.05) is 19.0 Å². The Kier molecular flexibility index (Phi) is 6.01. The van der Waals surface area contributed by atoms with Gasteiger partial charge in [-0.3, -0.25) is 9.59 Å². The van der Waals surface area contributed by atoms with Gasteiger partial charge in [-0.05, 0) is 43.5 Å². The van der Waals surface area contributed by atoms with E-state index in [2.05, 4.69) is 10.6 Å². The number of methoxy groups -OCH3 is 1. The zero-order chi connectivity index (χ0) is 18.4. The van der Waals surface area contributed by atoms with Gasteiger partial charge in [0.1, 0.15) is 5.54 Å². The summed E-state index contributed by atoms with van der Waals surface area (Å²) in [5, 5.41) is 5.85. The van der Waals surface area contributed by atoms with E-state index in [9.17, 15) is 14.4 Å². The van der Waals surface area contributed by atoms with Crippen LogP contribution in [0.2, 0.25) is 0 Å². The molecule has 0 atom stereocenters. The van der Waals surface area contributed by atoms with Crippen LogP contribution in [0.25, 0.3) is 0 Å². The van der Waals surface area contributed by atoms with Crippen LogP contribution >= 0.6 is 0 Å². The van der Waals surface area contributed by atoms with Crippen molar-refractivity contribution >= 4 is 23.5 Å². The number of amides is 2. The highest BCUT2D eigenvalue weighted by Crippen LogP contribution is 2.29. The van der Waals surface area contributed by atoms with Crippen molar-refractivity contribution in [3.05, 3.63) is 29.3 Å². The van der Waals surface area contributed by atoms with E-state index in [1.165, 1.54) is 7.11 Å². The predicted molar refractivity (Wildman–Crippen MR) is 94.2 cm³/mol. The Labute approximate surface area is 147 Å². The highest BCUT2D eigenvalue weighted by molar-refractivity contribution is 5.95. The Bertz CT molecular complexity index is 666. The number of esters is 1. The first-order chi connectivity index (χ1) is 11.9. The van der Waals surface area contributed by atoms with Gasteiger partial charge in [0, 0.05) is 11.3 Å². The lowest BCUT2D eigenvalue weighted by Gasteiger charge is -2.35. The topological polar surface area (TPSA) is 111 Å². The van der Waals surface area contributed by atoms with Gasteiger partial charge >= 0.3 is 5.97 Å². The molecule has 1 saturated carbocycles. The fraction of sp³-hybridized carbons (Fsp3) is 0.500. The van der Waals surface area contributed by atoms with Crippen molar-refractivity contribution in [1.29, 1.82) is 0 Å². The van der Waals surface area contributed by atoms with Gasteiger partial charge in [-0.1, -0.05) is 19.3 Å². The molecule has 0 spiro atoms. The van der Waals surface area contributed by atoms with Crippen molar-refractivity contribution in [3.8, 4) is 0 Å². The maximum absolute atomic E-state index is 12.3. The van der Waals surface area contributed by atoms with Crippen LogP contribution in [0.15, 0.2) is 18.2 Å². The normalized spacial score (nSPS) is 15.9. The number of ether oxygens (including phenoxy) is 1. The number of rotatable bonds is 6. The van der Waals surface area contributed by atoms with Crippen LogP contribution in [-0.4, -0.2) is 37.0 Å². The minimum atomic E-state index is -0.919. The second kappa shape index (κ2) is 8.00. The van der Waals surface area contributed by atoms with E-state index in [4.69, 9.17) is 10.5 Å². The molecule has 0 radical (unpaired) electrons. The van der Waals surface area contributed by atoms with Gasteiger partial charge < -0.3 is 21.1 Å². The molecule has 0 unspecified atom stereocenters. The molecule has 4 N–H and O–H groups in total. The molecule has 1 aromatic rings. The number of hydrogen-bond donors (Lipinski definition) is 3. The summed E-state index contributed by atoms with van der Waals surface area (Å²) >= 11 is 0. The summed E-state index contributed by atoms with van der Waals surface area (Å²) in [5.41, 5.74) is 6.24. The third kappa shape index (κ3) is 4.49. The minimum Gasteiger partial charge on any atom is -0.467 e. The first-order valence-corrected chi connectivity index (χ1v) is 8.42. The molecule has 7 nitrogen and oxygen atoms in total. The number of aryl methyl sites for hydroxylation is 1. The Balaban J connectivity index is 1.98. The highest BCUT2D eigenvalue weighted by Gasteiger charge is 2.41. The highest BCUT2D eigenvalue weighted by atomic mass is 16.5. The van der Waals surface area contributed by atoms with Gasteiger partial charge in [-0.2, -0.15) is 0 Å². The number of anilines is 1. The summed E-state index contributed by atoms with van der Waals surface area (Å²) in [6.45, 7) is 1.80. The van der Waals surface area contributed by atoms with E-state index >= 15 is 0 Å². The second-order valence-electron chi connectivity index (χ2n) is 6.43. The Morgan fingerprint density at radius 1 is 1.20 bits per heavy atom. The average Bonchev–Trinajstić information content (AvgIpc) is 2.59. The van der Waals surface area contributed by atoms with Gasteiger partial charge in [-0.25, -0.2) is 4.79 Å². The first kappa shape index (κ1) is 18.8. The SMILES string of the molecule is COC(=O)C1(NC(=O)CNc2ccc(C(N)=O)c(C)c2)CCCCC1. The van der Waals surface area contributed by atoms with Gasteiger partial charge in [0.15, 0.2) is 0 Å². The first-order valence-electron chi connectivity index (χ1n) is 8.42. The fourth-order valence-corrected chi connectivity index (χ4v) is 3.27. The maximum atomic E-state index is 12.3. The third-order valence-corrected chi connectivity index (χ3v) is 4.61. The van der Waals surface area contributed by atoms with Crippen LogP contribution in [0, 0.1) is 6.92 Å². The lowest BCUT2D eigenvalue weighted by atomic mass is 9.81. The molecule has 7 heteroatoms. The van der Waals surface area contributed by atoms with Crippen LogP contribution in [0.5, 0.6) is 0 Å². The van der Waals surface area contributed by atoms with Crippen molar-refractivity contribution in [2.45, 2.75) is 44.6 Å². The lowest BCUT2D eigenvalue weighted by Crippen LogP contribution is -2.57. The number of primary amides is 1. The number of carbonyl (C=O) groups is 3. The Morgan fingerprint density at radius 2 is 1.88 bits per heavy atom. The van der Waals surface area contributed by atoms with Gasteiger partial charge in [0.2, 0.25) is 11.8 Å².